The summed E-state index contributed by atoms with van der Waals surface area (Å²) in [5.74, 6) is 1.25. The molecule has 1 rings (SSSR count). The topological polar surface area (TPSA) is 9.23 Å². The summed E-state index contributed by atoms with van der Waals surface area (Å²) in [7, 11) is 1.77. The van der Waals surface area contributed by atoms with Gasteiger partial charge in [-0.2, -0.15) is 0 Å². The molecule has 0 radical (unpaired) electrons. The monoisotopic (exact) mass is 254 g/mol. The van der Waals surface area contributed by atoms with E-state index < -0.39 is 0 Å². The predicted molar refractivity (Wildman–Crippen MR) is 74.7 cm³/mol. The fraction of sp³-hybridized carbons (Fsp3) is 0.600. The lowest BCUT2D eigenvalue weighted by Gasteiger charge is -2.25. The molecule has 1 unspecified atom stereocenters. The number of halogens is 1. The predicted octanol–water partition coefficient (Wildman–Crippen LogP) is 4.29. The Bertz CT molecular complexity index is 308. The number of hydrogen-bond acceptors (Lipinski definition) is 1. The van der Waals surface area contributed by atoms with Gasteiger partial charge in [-0.05, 0) is 44.6 Å². The number of benzene rings is 1. The van der Waals surface area contributed by atoms with E-state index in [-0.39, 0.29) is 5.60 Å². The van der Waals surface area contributed by atoms with E-state index >= 15 is 0 Å². The van der Waals surface area contributed by atoms with Crippen molar-refractivity contribution in [2.75, 3.05) is 13.0 Å². The molecule has 0 aliphatic heterocycles. The van der Waals surface area contributed by atoms with Crippen LogP contribution in [0, 0.1) is 5.92 Å². The van der Waals surface area contributed by atoms with Crippen molar-refractivity contribution >= 4 is 11.6 Å². The highest BCUT2D eigenvalue weighted by Gasteiger charge is 2.19. The van der Waals surface area contributed by atoms with Crippen LogP contribution >= 0.6 is 11.6 Å². The Balaban J connectivity index is 2.44. The van der Waals surface area contributed by atoms with E-state index in [9.17, 15) is 0 Å². The molecule has 0 bridgehead atoms. The normalized spacial score (nSPS) is 13.6. The lowest BCUT2D eigenvalue weighted by molar-refractivity contribution is 0.0110. The first-order chi connectivity index (χ1) is 8.07. The van der Waals surface area contributed by atoms with Gasteiger partial charge in [-0.15, -0.1) is 11.6 Å². The van der Waals surface area contributed by atoms with Gasteiger partial charge in [0, 0.05) is 13.0 Å². The molecule has 1 aromatic carbocycles. The van der Waals surface area contributed by atoms with Crippen molar-refractivity contribution in [3.63, 3.8) is 0 Å². The molecule has 0 heterocycles. The van der Waals surface area contributed by atoms with E-state index in [1.54, 1.807) is 7.11 Å². The number of methoxy groups -OCH3 is 1. The molecule has 1 aromatic rings. The fourth-order valence-corrected chi connectivity index (χ4v) is 2.10. The minimum Gasteiger partial charge on any atom is -0.379 e. The van der Waals surface area contributed by atoms with E-state index in [4.69, 9.17) is 16.3 Å². The Morgan fingerprint density at radius 3 is 2.41 bits per heavy atom. The van der Waals surface area contributed by atoms with Gasteiger partial charge in [-0.3, -0.25) is 0 Å². The maximum atomic E-state index is 6.05. The van der Waals surface area contributed by atoms with Gasteiger partial charge in [0.15, 0.2) is 0 Å². The Hall–Kier alpha value is -0.530. The van der Waals surface area contributed by atoms with Crippen LogP contribution in [0.15, 0.2) is 30.3 Å². The van der Waals surface area contributed by atoms with Crippen LogP contribution in [-0.2, 0) is 11.2 Å². The molecule has 0 spiro atoms. The van der Waals surface area contributed by atoms with Gasteiger partial charge < -0.3 is 4.74 Å². The van der Waals surface area contributed by atoms with Crippen molar-refractivity contribution in [3.8, 4) is 0 Å². The van der Waals surface area contributed by atoms with Crippen molar-refractivity contribution in [1.82, 2.24) is 0 Å². The summed E-state index contributed by atoms with van der Waals surface area (Å²) >= 11 is 6.05. The summed E-state index contributed by atoms with van der Waals surface area (Å²) < 4.78 is 5.44. The van der Waals surface area contributed by atoms with Crippen molar-refractivity contribution in [1.29, 1.82) is 0 Å². The lowest BCUT2D eigenvalue weighted by atomic mass is 9.91. The summed E-state index contributed by atoms with van der Waals surface area (Å²) in [6.45, 7) is 4.25. The van der Waals surface area contributed by atoms with Crippen LogP contribution in [0.2, 0.25) is 0 Å². The Labute approximate surface area is 110 Å². The highest BCUT2D eigenvalue weighted by molar-refractivity contribution is 6.18. The largest absolute Gasteiger partial charge is 0.379 e. The van der Waals surface area contributed by atoms with Crippen molar-refractivity contribution in [3.05, 3.63) is 35.9 Å². The van der Waals surface area contributed by atoms with Gasteiger partial charge in [-0.1, -0.05) is 30.3 Å². The van der Waals surface area contributed by atoms with Crippen LogP contribution in [0.25, 0.3) is 0 Å². The second kappa shape index (κ2) is 7.03. The molecule has 0 fully saturated rings. The van der Waals surface area contributed by atoms with Crippen LogP contribution in [0.4, 0.5) is 0 Å². The molecule has 17 heavy (non-hydrogen) atoms. The van der Waals surface area contributed by atoms with Gasteiger partial charge in [-0.25, -0.2) is 0 Å². The number of hydrogen-bond donors (Lipinski definition) is 0. The zero-order valence-corrected chi connectivity index (χ0v) is 11.8. The molecular weight excluding hydrogens is 232 g/mol. The lowest BCUT2D eigenvalue weighted by Crippen LogP contribution is -2.24. The number of alkyl halides is 1. The first-order valence-corrected chi connectivity index (χ1v) is 6.76. The molecule has 1 atom stereocenters. The minimum absolute atomic E-state index is 0.0407. The molecule has 2 heteroatoms. The smallest absolute Gasteiger partial charge is 0.0622 e. The van der Waals surface area contributed by atoms with Crippen LogP contribution in [0.5, 0.6) is 0 Å². The van der Waals surface area contributed by atoms with Gasteiger partial charge in [0.1, 0.15) is 0 Å². The summed E-state index contributed by atoms with van der Waals surface area (Å²) in [5, 5.41) is 0. The third-order valence-corrected chi connectivity index (χ3v) is 3.73. The van der Waals surface area contributed by atoms with E-state index in [1.807, 2.05) is 6.07 Å². The Morgan fingerprint density at radius 1 is 1.24 bits per heavy atom. The van der Waals surface area contributed by atoms with Gasteiger partial charge in [0.05, 0.1) is 5.60 Å². The Kier molecular flexibility index (Phi) is 6.01. The molecule has 96 valence electrons. The van der Waals surface area contributed by atoms with Gasteiger partial charge in [0.2, 0.25) is 0 Å². The maximum absolute atomic E-state index is 6.05. The summed E-state index contributed by atoms with van der Waals surface area (Å²) in [4.78, 5) is 0. The van der Waals surface area contributed by atoms with Crippen molar-refractivity contribution in [2.45, 2.75) is 38.7 Å². The Morgan fingerprint density at radius 2 is 1.88 bits per heavy atom. The third kappa shape index (κ3) is 5.56. The van der Waals surface area contributed by atoms with E-state index in [0.29, 0.717) is 11.8 Å². The molecule has 0 saturated heterocycles. The second-order valence-electron chi connectivity index (χ2n) is 5.21. The SMILES string of the molecule is COC(C)(C)CCC(CCl)Cc1ccccc1. The summed E-state index contributed by atoms with van der Waals surface area (Å²) in [6.07, 6.45) is 3.22. The molecule has 0 N–H and O–H groups in total. The standard InChI is InChI=1S/C15H23ClO/c1-15(2,17-3)10-9-14(12-16)11-13-7-5-4-6-8-13/h4-8,14H,9-12H2,1-3H3. The average Bonchev–Trinajstić information content (AvgIpc) is 2.35. The second-order valence-corrected chi connectivity index (χ2v) is 5.52. The quantitative estimate of drug-likeness (QED) is 0.660. The molecule has 0 amide bonds. The molecule has 0 aromatic heterocycles. The summed E-state index contributed by atoms with van der Waals surface area (Å²) in [5.41, 5.74) is 1.33. The fourth-order valence-electron chi connectivity index (χ4n) is 1.83. The number of rotatable bonds is 7. The highest BCUT2D eigenvalue weighted by Crippen LogP contribution is 2.22. The van der Waals surface area contributed by atoms with E-state index in [0.717, 1.165) is 19.3 Å². The molecule has 0 aliphatic rings. The average molecular weight is 255 g/mol. The summed E-state index contributed by atoms with van der Waals surface area (Å²) in [6, 6.07) is 10.6. The van der Waals surface area contributed by atoms with Crippen molar-refractivity contribution < 1.29 is 4.74 Å². The molecular formula is C15H23ClO. The zero-order chi connectivity index (χ0) is 12.7. The van der Waals surface area contributed by atoms with Crippen LogP contribution in [0.3, 0.4) is 0 Å². The highest BCUT2D eigenvalue weighted by atomic mass is 35.5. The maximum Gasteiger partial charge on any atom is 0.0622 e. The molecule has 0 aliphatic carbocycles. The van der Waals surface area contributed by atoms with E-state index in [1.165, 1.54) is 5.56 Å². The van der Waals surface area contributed by atoms with Crippen LogP contribution in [0.1, 0.15) is 32.3 Å². The van der Waals surface area contributed by atoms with E-state index in [2.05, 4.69) is 38.1 Å². The molecule has 1 nitrogen and oxygen atoms in total. The third-order valence-electron chi connectivity index (χ3n) is 3.29. The molecule has 0 saturated carbocycles. The van der Waals surface area contributed by atoms with Gasteiger partial charge >= 0.3 is 0 Å². The zero-order valence-electron chi connectivity index (χ0n) is 11.1. The van der Waals surface area contributed by atoms with Crippen molar-refractivity contribution in [2.24, 2.45) is 5.92 Å². The van der Waals surface area contributed by atoms with Gasteiger partial charge in [0.25, 0.3) is 0 Å². The van der Waals surface area contributed by atoms with Crippen LogP contribution in [-0.4, -0.2) is 18.6 Å². The number of ether oxygens (including phenoxy) is 1. The van der Waals surface area contributed by atoms with Crippen LogP contribution < -0.4 is 0 Å². The minimum atomic E-state index is -0.0407. The first-order valence-electron chi connectivity index (χ1n) is 6.22. The first kappa shape index (κ1) is 14.5.